The third kappa shape index (κ3) is 6.36. The summed E-state index contributed by atoms with van der Waals surface area (Å²) < 4.78 is 5.28. The Hall–Kier alpha value is -2.11. The van der Waals surface area contributed by atoms with E-state index >= 15 is 0 Å². The first-order valence-electron chi connectivity index (χ1n) is 8.94. The number of carbonyl (C=O) groups excluding carboxylic acids is 2. The van der Waals surface area contributed by atoms with E-state index in [0.29, 0.717) is 0 Å². The van der Waals surface area contributed by atoms with Gasteiger partial charge < -0.3 is 15.4 Å². The molecule has 0 aromatic carbocycles. The average Bonchev–Trinajstić information content (AvgIpc) is 2.54. The first-order valence-corrected chi connectivity index (χ1v) is 8.94. The molecule has 0 radical (unpaired) electrons. The lowest BCUT2D eigenvalue weighted by molar-refractivity contribution is -0.126. The van der Waals surface area contributed by atoms with Crippen molar-refractivity contribution in [3.8, 4) is 0 Å². The number of nitrogens with zero attached hydrogens (tertiary/aromatic N) is 1. The molecule has 0 unspecified atom stereocenters. The smallest absolute Gasteiger partial charge is 0.407 e. The maximum absolute atomic E-state index is 12.5. The lowest BCUT2D eigenvalue weighted by atomic mass is 9.85. The molecule has 1 aliphatic carbocycles. The molecule has 138 valence electrons. The summed E-state index contributed by atoms with van der Waals surface area (Å²) in [5.41, 5.74) is 0.500. The van der Waals surface area contributed by atoms with Crippen LogP contribution in [0.15, 0.2) is 24.5 Å². The van der Waals surface area contributed by atoms with Gasteiger partial charge in [-0.3, -0.25) is 9.78 Å². The second-order valence-corrected chi connectivity index (χ2v) is 7.71. The molecular weight excluding hydrogens is 318 g/mol. The highest BCUT2D eigenvalue weighted by Crippen LogP contribution is 2.25. The summed E-state index contributed by atoms with van der Waals surface area (Å²) in [5.74, 6) is 0.0721. The highest BCUT2D eigenvalue weighted by atomic mass is 16.6. The van der Waals surface area contributed by atoms with Gasteiger partial charge in [-0.15, -0.1) is 0 Å². The van der Waals surface area contributed by atoms with E-state index in [1.165, 1.54) is 0 Å². The monoisotopic (exact) mass is 347 g/mol. The van der Waals surface area contributed by atoms with E-state index in [2.05, 4.69) is 15.6 Å². The molecule has 1 aliphatic rings. The van der Waals surface area contributed by atoms with Crippen molar-refractivity contribution in [1.82, 2.24) is 15.6 Å². The Morgan fingerprint density at radius 3 is 2.48 bits per heavy atom. The van der Waals surface area contributed by atoms with E-state index in [4.69, 9.17) is 4.74 Å². The van der Waals surface area contributed by atoms with Crippen LogP contribution in [-0.2, 0) is 9.53 Å². The van der Waals surface area contributed by atoms with Crippen LogP contribution in [0.25, 0.3) is 0 Å². The number of pyridine rings is 1. The summed E-state index contributed by atoms with van der Waals surface area (Å²) >= 11 is 0. The summed E-state index contributed by atoms with van der Waals surface area (Å²) in [4.78, 5) is 28.4. The summed E-state index contributed by atoms with van der Waals surface area (Å²) in [6, 6.07) is 3.85. The first-order chi connectivity index (χ1) is 11.7. The minimum absolute atomic E-state index is 0.00388. The minimum Gasteiger partial charge on any atom is -0.444 e. The topological polar surface area (TPSA) is 80.3 Å². The van der Waals surface area contributed by atoms with E-state index < -0.39 is 5.60 Å². The maximum atomic E-state index is 12.5. The first kappa shape index (κ1) is 19.2. The molecule has 6 nitrogen and oxygen atoms in total. The van der Waals surface area contributed by atoms with Crippen molar-refractivity contribution in [3.05, 3.63) is 30.1 Å². The van der Waals surface area contributed by atoms with Crippen LogP contribution in [-0.4, -0.2) is 28.6 Å². The average molecular weight is 347 g/mol. The number of rotatable bonds is 4. The molecular formula is C19H29N3O3. The third-order valence-electron chi connectivity index (χ3n) is 4.36. The van der Waals surface area contributed by atoms with Gasteiger partial charge in [-0.1, -0.05) is 6.07 Å². The number of aromatic nitrogens is 1. The van der Waals surface area contributed by atoms with Crippen LogP contribution in [0.4, 0.5) is 4.79 Å². The number of hydrogen-bond donors (Lipinski definition) is 2. The fraction of sp³-hybridized carbons (Fsp3) is 0.632. The van der Waals surface area contributed by atoms with Crippen LogP contribution in [0.5, 0.6) is 0 Å². The predicted octanol–water partition coefficient (Wildman–Crippen LogP) is 3.34. The molecule has 0 aliphatic heterocycles. The van der Waals surface area contributed by atoms with Crippen LogP contribution >= 0.6 is 0 Å². The van der Waals surface area contributed by atoms with Crippen molar-refractivity contribution in [2.45, 2.75) is 71.1 Å². The lowest BCUT2D eigenvalue weighted by Gasteiger charge is -2.30. The maximum Gasteiger partial charge on any atom is 0.407 e. The van der Waals surface area contributed by atoms with Gasteiger partial charge in [-0.05, 0) is 65.0 Å². The van der Waals surface area contributed by atoms with Gasteiger partial charge in [0.15, 0.2) is 0 Å². The van der Waals surface area contributed by atoms with Crippen LogP contribution in [0.3, 0.4) is 0 Å². The van der Waals surface area contributed by atoms with Gasteiger partial charge in [-0.2, -0.15) is 0 Å². The molecule has 0 bridgehead atoms. The fourth-order valence-corrected chi connectivity index (χ4v) is 3.02. The standard InChI is InChI=1S/C19H29N3O3/c1-13(15-6-5-11-20-12-15)21-17(23)14-7-9-16(10-8-14)22-18(24)25-19(2,3)4/h5-6,11-14,16H,7-10H2,1-4H3,(H,21,23)(H,22,24)/t13-,14-,16-/m1/s1. The van der Waals surface area contributed by atoms with E-state index in [-0.39, 0.29) is 30.0 Å². The predicted molar refractivity (Wildman–Crippen MR) is 95.9 cm³/mol. The Kier molecular flexibility index (Phi) is 6.39. The number of carbonyl (C=O) groups is 2. The van der Waals surface area contributed by atoms with Crippen LogP contribution in [0, 0.1) is 5.92 Å². The Morgan fingerprint density at radius 2 is 1.92 bits per heavy atom. The van der Waals surface area contributed by atoms with E-state index in [1.54, 1.807) is 12.4 Å². The molecule has 1 fully saturated rings. The number of amides is 2. The Balaban J connectivity index is 1.76. The van der Waals surface area contributed by atoms with Crippen molar-refractivity contribution in [1.29, 1.82) is 0 Å². The van der Waals surface area contributed by atoms with Gasteiger partial charge in [0.25, 0.3) is 0 Å². The van der Waals surface area contributed by atoms with Crippen molar-refractivity contribution in [2.24, 2.45) is 5.92 Å². The molecule has 1 heterocycles. The third-order valence-corrected chi connectivity index (χ3v) is 4.36. The van der Waals surface area contributed by atoms with Crippen molar-refractivity contribution in [2.75, 3.05) is 0 Å². The van der Waals surface area contributed by atoms with Gasteiger partial charge in [0.1, 0.15) is 5.60 Å². The molecule has 2 amide bonds. The van der Waals surface area contributed by atoms with Gasteiger partial charge >= 0.3 is 6.09 Å². The number of ether oxygens (including phenoxy) is 1. The van der Waals surface area contributed by atoms with Gasteiger partial charge in [-0.25, -0.2) is 4.79 Å². The molecule has 1 aromatic heterocycles. The summed E-state index contributed by atoms with van der Waals surface area (Å²) in [6.07, 6.45) is 6.23. The van der Waals surface area contributed by atoms with Gasteiger partial charge in [0.2, 0.25) is 5.91 Å². The van der Waals surface area contributed by atoms with Crippen molar-refractivity contribution in [3.63, 3.8) is 0 Å². The molecule has 2 N–H and O–H groups in total. The highest BCUT2D eigenvalue weighted by Gasteiger charge is 2.29. The van der Waals surface area contributed by atoms with Crippen LogP contribution in [0.1, 0.15) is 65.0 Å². The molecule has 2 rings (SSSR count). The Bertz CT molecular complexity index is 575. The molecule has 1 saturated carbocycles. The highest BCUT2D eigenvalue weighted by molar-refractivity contribution is 5.79. The second kappa shape index (κ2) is 8.32. The number of nitrogens with one attached hydrogen (secondary N) is 2. The van der Waals surface area contributed by atoms with E-state index in [9.17, 15) is 9.59 Å². The molecule has 0 spiro atoms. The minimum atomic E-state index is -0.496. The van der Waals surface area contributed by atoms with Crippen LogP contribution in [0.2, 0.25) is 0 Å². The number of alkyl carbamates (subject to hydrolysis) is 1. The SMILES string of the molecule is C[C@@H](NC(=O)[C@H]1CC[C@H](NC(=O)OC(C)(C)C)CC1)c1cccnc1. The van der Waals surface area contributed by atoms with Gasteiger partial charge in [0.05, 0.1) is 6.04 Å². The zero-order valence-electron chi connectivity index (χ0n) is 15.5. The normalized spacial score (nSPS) is 21.9. The fourth-order valence-electron chi connectivity index (χ4n) is 3.02. The second-order valence-electron chi connectivity index (χ2n) is 7.71. The molecule has 6 heteroatoms. The van der Waals surface area contributed by atoms with Crippen molar-refractivity contribution >= 4 is 12.0 Å². The van der Waals surface area contributed by atoms with Crippen LogP contribution < -0.4 is 10.6 Å². The van der Waals surface area contributed by atoms with Crippen molar-refractivity contribution < 1.29 is 14.3 Å². The molecule has 25 heavy (non-hydrogen) atoms. The summed E-state index contributed by atoms with van der Waals surface area (Å²) in [6.45, 7) is 7.50. The van der Waals surface area contributed by atoms with Gasteiger partial charge in [0, 0.05) is 24.4 Å². The van der Waals surface area contributed by atoms with E-state index in [0.717, 1.165) is 31.2 Å². The molecule has 1 aromatic rings. The largest absolute Gasteiger partial charge is 0.444 e. The Morgan fingerprint density at radius 1 is 1.24 bits per heavy atom. The van der Waals surface area contributed by atoms with E-state index in [1.807, 2.05) is 39.8 Å². The zero-order valence-corrected chi connectivity index (χ0v) is 15.5. The zero-order chi connectivity index (χ0) is 18.4. The number of hydrogen-bond acceptors (Lipinski definition) is 4. The summed E-state index contributed by atoms with van der Waals surface area (Å²) in [7, 11) is 0. The Labute approximate surface area is 149 Å². The quantitative estimate of drug-likeness (QED) is 0.875. The molecule has 0 saturated heterocycles. The summed E-state index contributed by atoms with van der Waals surface area (Å²) in [5, 5.41) is 5.96. The lowest BCUT2D eigenvalue weighted by Crippen LogP contribution is -2.43. The molecule has 1 atom stereocenters.